The van der Waals surface area contributed by atoms with Gasteiger partial charge in [0.25, 0.3) is 0 Å². The van der Waals surface area contributed by atoms with Crippen molar-refractivity contribution in [1.29, 1.82) is 0 Å². The van der Waals surface area contributed by atoms with Crippen molar-refractivity contribution < 1.29 is 4.79 Å². The lowest BCUT2D eigenvalue weighted by Gasteiger charge is -2.20. The SMILES string of the molecule is Cc1cc(C)c2nc(N(Cc3cccnc3)C(=O)Cc3cccc4ccccc34)sc2c1. The minimum absolute atomic E-state index is 0.0265. The molecule has 0 N–H and O–H groups in total. The molecule has 0 bridgehead atoms. The van der Waals surface area contributed by atoms with Gasteiger partial charge < -0.3 is 0 Å². The fraction of sp³-hybridized carbons (Fsp3) is 0.148. The van der Waals surface area contributed by atoms with Gasteiger partial charge in [0.2, 0.25) is 5.91 Å². The van der Waals surface area contributed by atoms with E-state index in [9.17, 15) is 4.79 Å². The minimum Gasteiger partial charge on any atom is -0.283 e. The topological polar surface area (TPSA) is 46.1 Å². The summed E-state index contributed by atoms with van der Waals surface area (Å²) >= 11 is 1.57. The minimum atomic E-state index is 0.0265. The number of rotatable bonds is 5. The zero-order valence-electron chi connectivity index (χ0n) is 18.1. The van der Waals surface area contributed by atoms with Gasteiger partial charge in [0, 0.05) is 12.4 Å². The van der Waals surface area contributed by atoms with Crippen LogP contribution >= 0.6 is 11.3 Å². The number of pyridine rings is 1. The number of hydrogen-bond acceptors (Lipinski definition) is 4. The van der Waals surface area contributed by atoms with Crippen molar-refractivity contribution in [2.45, 2.75) is 26.8 Å². The summed E-state index contributed by atoms with van der Waals surface area (Å²) in [5, 5.41) is 2.98. The highest BCUT2D eigenvalue weighted by molar-refractivity contribution is 7.22. The molecule has 0 aliphatic rings. The summed E-state index contributed by atoms with van der Waals surface area (Å²) in [6.07, 6.45) is 3.87. The molecular formula is C27H23N3OS. The number of aryl methyl sites for hydroxylation is 2. The summed E-state index contributed by atoms with van der Waals surface area (Å²) in [6, 6.07) is 22.5. The molecule has 5 rings (SSSR count). The molecule has 0 aliphatic heterocycles. The lowest BCUT2D eigenvalue weighted by atomic mass is 10.0. The van der Waals surface area contributed by atoms with Crippen molar-refractivity contribution in [2.75, 3.05) is 4.90 Å². The van der Waals surface area contributed by atoms with E-state index in [1.54, 1.807) is 28.6 Å². The number of anilines is 1. The molecule has 158 valence electrons. The normalized spacial score (nSPS) is 11.2. The number of hydrogen-bond donors (Lipinski definition) is 0. The molecule has 0 radical (unpaired) electrons. The first-order chi connectivity index (χ1) is 15.6. The van der Waals surface area contributed by atoms with Gasteiger partial charge in [-0.1, -0.05) is 65.9 Å². The van der Waals surface area contributed by atoms with Crippen molar-refractivity contribution >= 4 is 43.4 Å². The van der Waals surface area contributed by atoms with Gasteiger partial charge in [-0.05, 0) is 59.0 Å². The molecule has 0 spiro atoms. The third-order valence-corrected chi connectivity index (χ3v) is 6.66. The first kappa shape index (κ1) is 20.3. The molecule has 1 amide bonds. The molecule has 4 nitrogen and oxygen atoms in total. The maximum absolute atomic E-state index is 13.7. The monoisotopic (exact) mass is 437 g/mol. The van der Waals surface area contributed by atoms with Crippen molar-refractivity contribution in [3.8, 4) is 0 Å². The lowest BCUT2D eigenvalue weighted by molar-refractivity contribution is -0.118. The quantitative estimate of drug-likeness (QED) is 0.327. The fourth-order valence-corrected chi connectivity index (χ4v) is 5.27. The summed E-state index contributed by atoms with van der Waals surface area (Å²) in [6.45, 7) is 4.60. The van der Waals surface area contributed by atoms with Gasteiger partial charge in [0.15, 0.2) is 5.13 Å². The van der Waals surface area contributed by atoms with E-state index in [1.165, 1.54) is 5.56 Å². The number of nitrogens with zero attached hydrogens (tertiary/aromatic N) is 3. The Morgan fingerprint density at radius 3 is 2.69 bits per heavy atom. The van der Waals surface area contributed by atoms with E-state index in [-0.39, 0.29) is 5.91 Å². The number of benzene rings is 3. The average Bonchev–Trinajstić information content (AvgIpc) is 3.22. The van der Waals surface area contributed by atoms with Crippen molar-refractivity contribution in [3.63, 3.8) is 0 Å². The summed E-state index contributed by atoms with van der Waals surface area (Å²) in [5.41, 5.74) is 5.30. The second-order valence-electron chi connectivity index (χ2n) is 8.08. The molecule has 3 aromatic carbocycles. The zero-order valence-corrected chi connectivity index (χ0v) is 18.9. The second kappa shape index (κ2) is 8.52. The van der Waals surface area contributed by atoms with Gasteiger partial charge in [-0.15, -0.1) is 0 Å². The third-order valence-electron chi connectivity index (χ3n) is 5.64. The van der Waals surface area contributed by atoms with Crippen LogP contribution in [-0.4, -0.2) is 15.9 Å². The molecule has 0 atom stereocenters. The van der Waals surface area contributed by atoms with Gasteiger partial charge in [0.05, 0.1) is 23.2 Å². The van der Waals surface area contributed by atoms with Crippen LogP contribution in [0.4, 0.5) is 5.13 Å². The number of carbonyl (C=O) groups is 1. The molecule has 2 aromatic heterocycles. The highest BCUT2D eigenvalue weighted by Gasteiger charge is 2.22. The Balaban J connectivity index is 1.55. The van der Waals surface area contributed by atoms with E-state index in [2.05, 4.69) is 49.2 Å². The molecule has 32 heavy (non-hydrogen) atoms. The van der Waals surface area contributed by atoms with Gasteiger partial charge in [-0.25, -0.2) is 4.98 Å². The molecule has 0 saturated carbocycles. The molecule has 0 fully saturated rings. The lowest BCUT2D eigenvalue weighted by Crippen LogP contribution is -2.31. The van der Waals surface area contributed by atoms with Crippen LogP contribution in [0.3, 0.4) is 0 Å². The predicted octanol–water partition coefficient (Wildman–Crippen LogP) is 6.24. The van der Waals surface area contributed by atoms with Gasteiger partial charge >= 0.3 is 0 Å². The van der Waals surface area contributed by atoms with E-state index >= 15 is 0 Å². The Hall–Kier alpha value is -3.57. The number of amides is 1. The number of carbonyl (C=O) groups excluding carboxylic acids is 1. The fourth-order valence-electron chi connectivity index (χ4n) is 4.12. The first-order valence-corrected chi connectivity index (χ1v) is 11.4. The summed E-state index contributed by atoms with van der Waals surface area (Å²) in [5.74, 6) is 0.0265. The van der Waals surface area contributed by atoms with Crippen molar-refractivity contribution in [2.24, 2.45) is 0 Å². The van der Waals surface area contributed by atoms with Crippen LogP contribution in [-0.2, 0) is 17.8 Å². The van der Waals surface area contributed by atoms with Crippen LogP contribution < -0.4 is 4.90 Å². The molecular weight excluding hydrogens is 414 g/mol. The summed E-state index contributed by atoms with van der Waals surface area (Å²) in [7, 11) is 0. The third kappa shape index (κ3) is 3.99. The standard InChI is InChI=1S/C27H23N3OS/c1-18-13-19(2)26-24(14-18)32-27(29-26)30(17-20-7-6-12-28-16-20)25(31)15-22-10-5-9-21-8-3-4-11-23(21)22/h3-14,16H,15,17H2,1-2H3. The van der Waals surface area contributed by atoms with E-state index in [0.29, 0.717) is 13.0 Å². The predicted molar refractivity (Wildman–Crippen MR) is 132 cm³/mol. The molecule has 5 aromatic rings. The Kier molecular flexibility index (Phi) is 5.41. The van der Waals surface area contributed by atoms with Crippen LogP contribution in [0.15, 0.2) is 79.1 Å². The van der Waals surface area contributed by atoms with E-state index in [0.717, 1.165) is 42.8 Å². The first-order valence-electron chi connectivity index (χ1n) is 10.6. The molecule has 2 heterocycles. The van der Waals surface area contributed by atoms with Crippen LogP contribution in [0.25, 0.3) is 21.0 Å². The number of aromatic nitrogens is 2. The Labute approximate surface area is 191 Å². The summed E-state index contributed by atoms with van der Waals surface area (Å²) < 4.78 is 1.10. The number of fused-ring (bicyclic) bond motifs is 2. The largest absolute Gasteiger partial charge is 0.283 e. The van der Waals surface area contributed by atoms with Crippen LogP contribution in [0.1, 0.15) is 22.3 Å². The smallest absolute Gasteiger partial charge is 0.233 e. The Morgan fingerprint density at radius 2 is 1.84 bits per heavy atom. The van der Waals surface area contributed by atoms with Gasteiger partial charge in [0.1, 0.15) is 0 Å². The highest BCUT2D eigenvalue weighted by atomic mass is 32.1. The van der Waals surface area contributed by atoms with Crippen LogP contribution in [0.2, 0.25) is 0 Å². The maximum atomic E-state index is 13.7. The Bertz CT molecular complexity index is 1420. The second-order valence-corrected chi connectivity index (χ2v) is 9.09. The van der Waals surface area contributed by atoms with Gasteiger partial charge in [-0.2, -0.15) is 0 Å². The van der Waals surface area contributed by atoms with Crippen molar-refractivity contribution in [3.05, 3.63) is 101 Å². The Morgan fingerprint density at radius 1 is 1.00 bits per heavy atom. The molecule has 5 heteroatoms. The summed E-state index contributed by atoms with van der Waals surface area (Å²) in [4.78, 5) is 24.6. The molecule has 0 aliphatic carbocycles. The molecule has 0 saturated heterocycles. The van der Waals surface area contributed by atoms with Crippen LogP contribution in [0, 0.1) is 13.8 Å². The van der Waals surface area contributed by atoms with Gasteiger partial charge in [-0.3, -0.25) is 14.7 Å². The molecule has 0 unspecified atom stereocenters. The average molecular weight is 438 g/mol. The van der Waals surface area contributed by atoms with E-state index in [1.807, 2.05) is 36.4 Å². The maximum Gasteiger partial charge on any atom is 0.233 e. The van der Waals surface area contributed by atoms with E-state index in [4.69, 9.17) is 4.98 Å². The highest BCUT2D eigenvalue weighted by Crippen LogP contribution is 2.33. The zero-order chi connectivity index (χ0) is 22.1. The number of thiazole rings is 1. The van der Waals surface area contributed by atoms with E-state index < -0.39 is 0 Å². The van der Waals surface area contributed by atoms with Crippen molar-refractivity contribution in [1.82, 2.24) is 9.97 Å². The van der Waals surface area contributed by atoms with Crippen LogP contribution in [0.5, 0.6) is 0 Å².